The van der Waals surface area contributed by atoms with Gasteiger partial charge in [-0.1, -0.05) is 26.0 Å². The Balaban J connectivity index is 2.97. The largest absolute Gasteiger partial charge is 0.383 e. The van der Waals surface area contributed by atoms with Crippen LogP contribution < -0.4 is 0 Å². The molecular formula is C15H23FN2O3. The Labute approximate surface area is 124 Å². The standard InChI is InChI=1S/C15H23FN2O3/c1-4-13(5-2)17(9-10-21-3)11-12-7-6-8-14(15(12)16)18(19)20/h6-8,13H,4-5,9-11H2,1-3H3. The van der Waals surface area contributed by atoms with Crippen LogP contribution in [0.3, 0.4) is 0 Å². The minimum atomic E-state index is -0.740. The lowest BCUT2D eigenvalue weighted by Gasteiger charge is -2.30. The Morgan fingerprint density at radius 1 is 1.38 bits per heavy atom. The number of hydrogen-bond acceptors (Lipinski definition) is 4. The van der Waals surface area contributed by atoms with Gasteiger partial charge in [0.2, 0.25) is 5.82 Å². The molecule has 0 unspecified atom stereocenters. The summed E-state index contributed by atoms with van der Waals surface area (Å²) in [4.78, 5) is 12.2. The van der Waals surface area contributed by atoms with Crippen molar-refractivity contribution in [3.63, 3.8) is 0 Å². The Bertz CT molecular complexity index is 464. The zero-order chi connectivity index (χ0) is 15.8. The topological polar surface area (TPSA) is 55.6 Å². The van der Waals surface area contributed by atoms with Gasteiger partial charge >= 0.3 is 5.69 Å². The SMILES string of the molecule is CCC(CC)N(CCOC)Cc1cccc([N+](=O)[O-])c1F. The second-order valence-corrected chi connectivity index (χ2v) is 4.94. The molecule has 0 atom stereocenters. The maximum absolute atomic E-state index is 14.2. The number of nitro groups is 1. The summed E-state index contributed by atoms with van der Waals surface area (Å²) >= 11 is 0. The predicted octanol–water partition coefficient (Wildman–Crippen LogP) is 3.37. The van der Waals surface area contributed by atoms with Crippen molar-refractivity contribution in [2.45, 2.75) is 39.3 Å². The van der Waals surface area contributed by atoms with Crippen LogP contribution in [0.4, 0.5) is 10.1 Å². The van der Waals surface area contributed by atoms with Crippen LogP contribution in [0.1, 0.15) is 32.3 Å². The first kappa shape index (κ1) is 17.5. The molecule has 0 saturated heterocycles. The molecule has 0 spiro atoms. The van der Waals surface area contributed by atoms with E-state index in [2.05, 4.69) is 18.7 Å². The molecule has 0 amide bonds. The summed E-state index contributed by atoms with van der Waals surface area (Å²) < 4.78 is 19.3. The fourth-order valence-corrected chi connectivity index (χ4v) is 2.45. The van der Waals surface area contributed by atoms with Gasteiger partial charge in [0.1, 0.15) is 0 Å². The number of hydrogen-bond donors (Lipinski definition) is 0. The number of ether oxygens (including phenoxy) is 1. The molecule has 21 heavy (non-hydrogen) atoms. The predicted molar refractivity (Wildman–Crippen MR) is 79.7 cm³/mol. The van der Waals surface area contributed by atoms with Crippen LogP contribution in [0, 0.1) is 15.9 Å². The number of rotatable bonds is 9. The lowest BCUT2D eigenvalue weighted by molar-refractivity contribution is -0.387. The fourth-order valence-electron chi connectivity index (χ4n) is 2.45. The third kappa shape index (κ3) is 4.75. The highest BCUT2D eigenvalue weighted by Crippen LogP contribution is 2.22. The molecule has 0 aliphatic heterocycles. The molecule has 0 saturated carbocycles. The highest BCUT2D eigenvalue weighted by molar-refractivity contribution is 5.36. The van der Waals surface area contributed by atoms with Gasteiger partial charge in [-0.3, -0.25) is 15.0 Å². The Kier molecular flexibility index (Phi) is 7.25. The van der Waals surface area contributed by atoms with E-state index in [0.717, 1.165) is 12.8 Å². The summed E-state index contributed by atoms with van der Waals surface area (Å²) in [5, 5.41) is 10.8. The highest BCUT2D eigenvalue weighted by Gasteiger charge is 2.21. The average molecular weight is 298 g/mol. The zero-order valence-electron chi connectivity index (χ0n) is 12.8. The molecule has 1 rings (SSSR count). The van der Waals surface area contributed by atoms with Crippen LogP contribution in [0.15, 0.2) is 18.2 Å². The van der Waals surface area contributed by atoms with Gasteiger partial charge in [0.15, 0.2) is 0 Å². The Morgan fingerprint density at radius 2 is 2.05 bits per heavy atom. The molecule has 6 heteroatoms. The quantitative estimate of drug-likeness (QED) is 0.518. The van der Waals surface area contributed by atoms with E-state index in [0.29, 0.717) is 31.3 Å². The number of nitrogens with zero attached hydrogens (tertiary/aromatic N) is 2. The Hall–Kier alpha value is -1.53. The van der Waals surface area contributed by atoms with Gasteiger partial charge in [-0.05, 0) is 12.8 Å². The molecule has 0 heterocycles. The van der Waals surface area contributed by atoms with E-state index in [-0.39, 0.29) is 0 Å². The minimum Gasteiger partial charge on any atom is -0.383 e. The first-order valence-electron chi connectivity index (χ1n) is 7.19. The van der Waals surface area contributed by atoms with E-state index < -0.39 is 16.4 Å². The number of methoxy groups -OCH3 is 1. The smallest absolute Gasteiger partial charge is 0.305 e. The van der Waals surface area contributed by atoms with Crippen molar-refractivity contribution in [3.8, 4) is 0 Å². The molecular weight excluding hydrogens is 275 g/mol. The van der Waals surface area contributed by atoms with Gasteiger partial charge < -0.3 is 4.74 Å². The van der Waals surface area contributed by atoms with E-state index in [1.807, 2.05) is 0 Å². The maximum atomic E-state index is 14.2. The summed E-state index contributed by atoms with van der Waals surface area (Å²) in [5.74, 6) is -0.740. The highest BCUT2D eigenvalue weighted by atomic mass is 19.1. The molecule has 0 aliphatic rings. The van der Waals surface area contributed by atoms with Crippen LogP contribution >= 0.6 is 0 Å². The van der Waals surface area contributed by atoms with Crippen LogP contribution in [0.2, 0.25) is 0 Å². The zero-order valence-corrected chi connectivity index (χ0v) is 12.8. The summed E-state index contributed by atoms with van der Waals surface area (Å²) in [6.45, 7) is 5.73. The third-order valence-corrected chi connectivity index (χ3v) is 3.67. The number of benzene rings is 1. The molecule has 118 valence electrons. The summed E-state index contributed by atoms with van der Waals surface area (Å²) in [5.41, 5.74) is -0.115. The van der Waals surface area contributed by atoms with E-state index in [9.17, 15) is 14.5 Å². The molecule has 0 N–H and O–H groups in total. The van der Waals surface area contributed by atoms with Crippen molar-refractivity contribution in [2.24, 2.45) is 0 Å². The van der Waals surface area contributed by atoms with Crippen molar-refractivity contribution in [2.75, 3.05) is 20.3 Å². The second kappa shape index (κ2) is 8.69. The summed E-state index contributed by atoms with van der Waals surface area (Å²) in [6.07, 6.45) is 1.88. The van der Waals surface area contributed by atoms with Crippen molar-refractivity contribution in [1.29, 1.82) is 0 Å². The average Bonchev–Trinajstić information content (AvgIpc) is 2.47. The summed E-state index contributed by atoms with van der Waals surface area (Å²) in [7, 11) is 1.62. The van der Waals surface area contributed by atoms with Gasteiger partial charge in [0.25, 0.3) is 0 Å². The first-order chi connectivity index (χ1) is 10.0. The van der Waals surface area contributed by atoms with Crippen molar-refractivity contribution in [3.05, 3.63) is 39.7 Å². The maximum Gasteiger partial charge on any atom is 0.305 e. The fraction of sp³-hybridized carbons (Fsp3) is 0.600. The molecule has 0 aliphatic carbocycles. The van der Waals surface area contributed by atoms with Crippen LogP contribution in [0.25, 0.3) is 0 Å². The lowest BCUT2D eigenvalue weighted by Crippen LogP contribution is -2.36. The van der Waals surface area contributed by atoms with E-state index in [4.69, 9.17) is 4.74 Å². The normalized spacial score (nSPS) is 11.3. The van der Waals surface area contributed by atoms with E-state index in [1.54, 1.807) is 13.2 Å². The molecule has 5 nitrogen and oxygen atoms in total. The first-order valence-corrected chi connectivity index (χ1v) is 7.19. The molecule has 0 aromatic heterocycles. The van der Waals surface area contributed by atoms with Crippen LogP contribution in [-0.2, 0) is 11.3 Å². The van der Waals surface area contributed by atoms with Gasteiger partial charge in [0, 0.05) is 37.9 Å². The summed E-state index contributed by atoms with van der Waals surface area (Å²) in [6, 6.07) is 4.62. The van der Waals surface area contributed by atoms with Crippen molar-refractivity contribution >= 4 is 5.69 Å². The van der Waals surface area contributed by atoms with Gasteiger partial charge in [-0.25, -0.2) is 0 Å². The molecule has 0 fully saturated rings. The lowest BCUT2D eigenvalue weighted by atomic mass is 10.1. The van der Waals surface area contributed by atoms with Crippen molar-refractivity contribution < 1.29 is 14.1 Å². The van der Waals surface area contributed by atoms with Crippen molar-refractivity contribution in [1.82, 2.24) is 4.90 Å². The molecule has 0 bridgehead atoms. The number of nitro benzene ring substituents is 1. The monoisotopic (exact) mass is 298 g/mol. The second-order valence-electron chi connectivity index (χ2n) is 4.94. The molecule has 1 aromatic rings. The Morgan fingerprint density at radius 3 is 2.57 bits per heavy atom. The number of halogens is 1. The van der Waals surface area contributed by atoms with Crippen LogP contribution in [0.5, 0.6) is 0 Å². The van der Waals surface area contributed by atoms with E-state index >= 15 is 0 Å². The van der Waals surface area contributed by atoms with Gasteiger partial charge in [-0.2, -0.15) is 4.39 Å². The van der Waals surface area contributed by atoms with Gasteiger partial charge in [-0.15, -0.1) is 0 Å². The van der Waals surface area contributed by atoms with Crippen LogP contribution in [-0.4, -0.2) is 36.1 Å². The van der Waals surface area contributed by atoms with E-state index in [1.165, 1.54) is 12.1 Å². The molecule has 0 radical (unpaired) electrons. The molecule has 1 aromatic carbocycles. The minimum absolute atomic E-state index is 0.304. The third-order valence-electron chi connectivity index (χ3n) is 3.67. The van der Waals surface area contributed by atoms with Gasteiger partial charge in [0.05, 0.1) is 11.5 Å².